The first-order valence-electron chi connectivity index (χ1n) is 6.43. The minimum atomic E-state index is -0.403. The summed E-state index contributed by atoms with van der Waals surface area (Å²) in [6, 6.07) is 6.75. The number of halogens is 2. The smallest absolute Gasteiger partial charge is 0.148 e. The Balaban J connectivity index is 2.01. The van der Waals surface area contributed by atoms with E-state index in [1.165, 1.54) is 12.3 Å². The van der Waals surface area contributed by atoms with Crippen molar-refractivity contribution in [3.05, 3.63) is 58.3 Å². The van der Waals surface area contributed by atoms with Gasteiger partial charge in [-0.15, -0.1) is 0 Å². The fraction of sp³-hybridized carbons (Fsp3) is 0.133. The molecule has 0 saturated heterocycles. The van der Waals surface area contributed by atoms with Gasteiger partial charge < -0.3 is 4.74 Å². The van der Waals surface area contributed by atoms with Gasteiger partial charge in [0, 0.05) is 10.7 Å². The van der Waals surface area contributed by atoms with Crippen LogP contribution in [0.15, 0.2) is 41.3 Å². The Morgan fingerprint density at radius 1 is 1.41 bits per heavy atom. The number of pyridine rings is 2. The highest BCUT2D eigenvalue weighted by atomic mass is 79.9. The molecule has 1 atom stereocenters. The number of aromatic nitrogens is 3. The Bertz CT molecular complexity index is 870. The summed E-state index contributed by atoms with van der Waals surface area (Å²) in [5, 5.41) is 13.3. The van der Waals surface area contributed by atoms with Crippen molar-refractivity contribution in [3.8, 4) is 11.8 Å². The van der Waals surface area contributed by atoms with E-state index in [-0.39, 0.29) is 0 Å². The molecule has 0 aliphatic heterocycles. The molecule has 0 aliphatic carbocycles. The van der Waals surface area contributed by atoms with E-state index in [0.717, 1.165) is 10.7 Å². The minimum absolute atomic E-state index is 0.400. The van der Waals surface area contributed by atoms with Crippen LogP contribution in [0, 0.1) is 17.1 Å². The molecule has 3 aromatic rings. The quantitative estimate of drug-likeness (QED) is 0.715. The van der Waals surface area contributed by atoms with Gasteiger partial charge in [0.05, 0.1) is 18.1 Å². The van der Waals surface area contributed by atoms with Gasteiger partial charge in [0.2, 0.25) is 0 Å². The summed E-state index contributed by atoms with van der Waals surface area (Å²) in [6.45, 7) is 1.81. The molecule has 110 valence electrons. The lowest BCUT2D eigenvalue weighted by Gasteiger charge is -2.15. The number of nitriles is 1. The number of hydrogen-bond donors (Lipinski definition) is 0. The summed E-state index contributed by atoms with van der Waals surface area (Å²) < 4.78 is 21.2. The Labute approximate surface area is 134 Å². The van der Waals surface area contributed by atoms with E-state index in [0.29, 0.717) is 22.5 Å². The number of hydrogen-bond acceptors (Lipinski definition) is 4. The van der Waals surface area contributed by atoms with Crippen LogP contribution in [0.3, 0.4) is 0 Å². The van der Waals surface area contributed by atoms with Gasteiger partial charge in [0.25, 0.3) is 0 Å². The second kappa shape index (κ2) is 5.73. The van der Waals surface area contributed by atoms with E-state index >= 15 is 0 Å². The van der Waals surface area contributed by atoms with E-state index < -0.39 is 11.9 Å². The standard InChI is InChI=1S/C15H10BrFN4O/c1-9(13-3-2-12(17)7-19-13)22-14-4-11(16)8-21-15(14)10(5-18)6-20-21/h2-4,6-9H,1H3/t9-/m1/s1. The third-order valence-electron chi connectivity index (χ3n) is 3.13. The molecule has 0 fully saturated rings. The highest BCUT2D eigenvalue weighted by Crippen LogP contribution is 2.30. The first-order chi connectivity index (χ1) is 10.6. The van der Waals surface area contributed by atoms with Gasteiger partial charge in [-0.25, -0.2) is 8.91 Å². The lowest BCUT2D eigenvalue weighted by Crippen LogP contribution is -2.06. The SMILES string of the molecule is C[C@@H](Oc1cc(Br)cn2ncc(C#N)c12)c1ccc(F)cn1. The molecule has 0 aromatic carbocycles. The largest absolute Gasteiger partial charge is 0.482 e. The Morgan fingerprint density at radius 3 is 2.91 bits per heavy atom. The summed E-state index contributed by atoms with van der Waals surface area (Å²) in [6.07, 6.45) is 3.96. The molecular formula is C15H10BrFN4O. The number of rotatable bonds is 3. The molecule has 3 aromatic heterocycles. The summed E-state index contributed by atoms with van der Waals surface area (Å²) in [4.78, 5) is 4.01. The first kappa shape index (κ1) is 14.5. The van der Waals surface area contributed by atoms with Gasteiger partial charge in [-0.2, -0.15) is 10.4 Å². The van der Waals surface area contributed by atoms with Crippen molar-refractivity contribution in [2.24, 2.45) is 0 Å². The second-order valence-corrected chi connectivity index (χ2v) is 5.56. The summed E-state index contributed by atoms with van der Waals surface area (Å²) >= 11 is 3.38. The van der Waals surface area contributed by atoms with Gasteiger partial charge >= 0.3 is 0 Å². The van der Waals surface area contributed by atoms with Crippen LogP contribution < -0.4 is 4.74 Å². The minimum Gasteiger partial charge on any atom is -0.482 e. The molecule has 0 unspecified atom stereocenters. The zero-order chi connectivity index (χ0) is 15.7. The maximum absolute atomic E-state index is 12.9. The van der Waals surface area contributed by atoms with Crippen molar-refractivity contribution >= 4 is 21.4 Å². The Morgan fingerprint density at radius 2 is 2.23 bits per heavy atom. The number of fused-ring (bicyclic) bond motifs is 1. The normalized spacial score (nSPS) is 12.1. The van der Waals surface area contributed by atoms with Crippen molar-refractivity contribution in [2.75, 3.05) is 0 Å². The highest BCUT2D eigenvalue weighted by molar-refractivity contribution is 9.10. The highest BCUT2D eigenvalue weighted by Gasteiger charge is 2.16. The third-order valence-corrected chi connectivity index (χ3v) is 3.57. The van der Waals surface area contributed by atoms with Crippen LogP contribution in [0.5, 0.6) is 5.75 Å². The zero-order valence-corrected chi connectivity index (χ0v) is 13.1. The molecule has 0 radical (unpaired) electrons. The Hall–Kier alpha value is -2.46. The van der Waals surface area contributed by atoms with Gasteiger partial charge in [-0.3, -0.25) is 4.98 Å². The summed E-state index contributed by atoms with van der Waals surface area (Å²) in [7, 11) is 0. The topological polar surface area (TPSA) is 63.2 Å². The molecule has 0 spiro atoms. The zero-order valence-electron chi connectivity index (χ0n) is 11.5. The number of nitrogens with zero attached hydrogens (tertiary/aromatic N) is 4. The molecule has 3 heterocycles. The third kappa shape index (κ3) is 2.65. The molecule has 0 bridgehead atoms. The van der Waals surface area contributed by atoms with E-state index in [2.05, 4.69) is 32.1 Å². The summed E-state index contributed by atoms with van der Waals surface area (Å²) in [5.74, 6) is 0.102. The van der Waals surface area contributed by atoms with Crippen LogP contribution in [0.4, 0.5) is 4.39 Å². The average Bonchev–Trinajstić information content (AvgIpc) is 2.90. The molecule has 0 N–H and O–H groups in total. The van der Waals surface area contributed by atoms with Crippen molar-refractivity contribution in [1.29, 1.82) is 5.26 Å². The molecule has 7 heteroatoms. The van der Waals surface area contributed by atoms with E-state index in [1.807, 2.05) is 0 Å². The lowest BCUT2D eigenvalue weighted by atomic mass is 10.2. The van der Waals surface area contributed by atoms with Crippen LogP contribution in [0.2, 0.25) is 0 Å². The second-order valence-electron chi connectivity index (χ2n) is 4.65. The molecule has 3 rings (SSSR count). The fourth-order valence-electron chi connectivity index (χ4n) is 2.10. The van der Waals surface area contributed by atoms with Crippen molar-refractivity contribution < 1.29 is 9.13 Å². The van der Waals surface area contributed by atoms with Gasteiger partial charge in [-0.05, 0) is 41.1 Å². The predicted octanol–water partition coefficient (Wildman–Crippen LogP) is 3.64. The molecular weight excluding hydrogens is 351 g/mol. The van der Waals surface area contributed by atoms with Crippen molar-refractivity contribution in [1.82, 2.24) is 14.6 Å². The maximum atomic E-state index is 12.9. The summed E-state index contributed by atoms with van der Waals surface area (Å²) in [5.41, 5.74) is 1.60. The van der Waals surface area contributed by atoms with E-state index in [4.69, 9.17) is 4.74 Å². The van der Waals surface area contributed by atoms with Gasteiger partial charge in [0.1, 0.15) is 34.8 Å². The van der Waals surface area contributed by atoms with Crippen molar-refractivity contribution in [3.63, 3.8) is 0 Å². The van der Waals surface area contributed by atoms with Crippen LogP contribution in [-0.2, 0) is 0 Å². The van der Waals surface area contributed by atoms with Crippen LogP contribution in [0.1, 0.15) is 24.3 Å². The molecule has 5 nitrogen and oxygen atoms in total. The van der Waals surface area contributed by atoms with Crippen LogP contribution in [0.25, 0.3) is 5.52 Å². The molecule has 0 amide bonds. The van der Waals surface area contributed by atoms with Gasteiger partial charge in [0.15, 0.2) is 0 Å². The van der Waals surface area contributed by atoms with Crippen LogP contribution in [-0.4, -0.2) is 14.6 Å². The van der Waals surface area contributed by atoms with Crippen molar-refractivity contribution in [2.45, 2.75) is 13.0 Å². The van der Waals surface area contributed by atoms with E-state index in [9.17, 15) is 9.65 Å². The van der Waals surface area contributed by atoms with E-state index in [1.54, 1.807) is 29.8 Å². The molecule has 0 aliphatic rings. The predicted molar refractivity (Wildman–Crippen MR) is 80.8 cm³/mol. The maximum Gasteiger partial charge on any atom is 0.148 e. The Kier molecular flexibility index (Phi) is 3.77. The first-order valence-corrected chi connectivity index (χ1v) is 7.23. The van der Waals surface area contributed by atoms with Gasteiger partial charge in [-0.1, -0.05) is 0 Å². The molecule has 0 saturated carbocycles. The monoisotopic (exact) mass is 360 g/mol. The fourth-order valence-corrected chi connectivity index (χ4v) is 2.51. The molecule has 22 heavy (non-hydrogen) atoms. The lowest BCUT2D eigenvalue weighted by molar-refractivity contribution is 0.223. The number of ether oxygens (including phenoxy) is 1. The van der Waals surface area contributed by atoms with Crippen LogP contribution >= 0.6 is 15.9 Å². The average molecular weight is 361 g/mol.